The number of hydrogen-bond donors (Lipinski definition) is 1. The van der Waals surface area contributed by atoms with Crippen molar-refractivity contribution in [2.24, 2.45) is 0 Å². The summed E-state index contributed by atoms with van der Waals surface area (Å²) in [5.41, 5.74) is 1.07. The number of nitrogens with one attached hydrogen (secondary N) is 1. The van der Waals surface area contributed by atoms with Crippen LogP contribution in [0, 0.1) is 0 Å². The summed E-state index contributed by atoms with van der Waals surface area (Å²) in [5.74, 6) is 1.60. The molecule has 3 aromatic rings. The molecule has 0 bridgehead atoms. The van der Waals surface area contributed by atoms with E-state index in [0.717, 1.165) is 17.1 Å². The molecule has 0 aliphatic heterocycles. The van der Waals surface area contributed by atoms with Gasteiger partial charge in [0.15, 0.2) is 0 Å². The lowest BCUT2D eigenvalue weighted by atomic mass is 9.93. The van der Waals surface area contributed by atoms with E-state index >= 15 is 0 Å². The third-order valence-corrected chi connectivity index (χ3v) is 3.75. The van der Waals surface area contributed by atoms with Gasteiger partial charge in [-0.15, -0.1) is 0 Å². The monoisotopic (exact) mass is 309 g/mol. The van der Waals surface area contributed by atoms with Gasteiger partial charge in [-0.3, -0.25) is 4.79 Å². The van der Waals surface area contributed by atoms with Crippen LogP contribution in [0.2, 0.25) is 0 Å². The summed E-state index contributed by atoms with van der Waals surface area (Å²) in [6.07, 6.45) is 4.32. The number of carbonyl (C=O) groups is 1. The van der Waals surface area contributed by atoms with E-state index in [4.69, 9.17) is 8.83 Å². The number of furan rings is 2. The highest BCUT2D eigenvalue weighted by atomic mass is 16.3. The standard InChI is InChI=1S/C19H19NO3/c21-19(20-11-10-16-8-4-12-22-16)14-17(18-9-5-13-23-18)15-6-2-1-3-7-15/h1-9,12-13,17H,10-11,14H2,(H,20,21). The number of carbonyl (C=O) groups excluding carboxylic acids is 1. The third-order valence-electron chi connectivity index (χ3n) is 3.75. The minimum Gasteiger partial charge on any atom is -0.469 e. The fraction of sp³-hybridized carbons (Fsp3) is 0.211. The predicted molar refractivity (Wildman–Crippen MR) is 87.0 cm³/mol. The molecular formula is C19H19NO3. The molecule has 0 radical (unpaired) electrons. The number of benzene rings is 1. The molecule has 3 rings (SSSR count). The summed E-state index contributed by atoms with van der Waals surface area (Å²) in [6.45, 7) is 0.562. The number of amides is 1. The minimum atomic E-state index is -0.0742. The molecule has 1 amide bonds. The van der Waals surface area contributed by atoms with E-state index in [1.807, 2.05) is 54.6 Å². The highest BCUT2D eigenvalue weighted by Crippen LogP contribution is 2.28. The third kappa shape index (κ3) is 4.13. The number of rotatable bonds is 7. The van der Waals surface area contributed by atoms with Crippen molar-refractivity contribution >= 4 is 5.91 Å². The van der Waals surface area contributed by atoms with Crippen LogP contribution < -0.4 is 5.32 Å². The normalized spacial score (nSPS) is 12.0. The summed E-state index contributed by atoms with van der Waals surface area (Å²) < 4.78 is 10.8. The van der Waals surface area contributed by atoms with Gasteiger partial charge >= 0.3 is 0 Å². The van der Waals surface area contributed by atoms with E-state index in [9.17, 15) is 4.79 Å². The van der Waals surface area contributed by atoms with Crippen molar-refractivity contribution < 1.29 is 13.6 Å². The van der Waals surface area contributed by atoms with Crippen molar-refractivity contribution in [1.82, 2.24) is 5.32 Å². The van der Waals surface area contributed by atoms with Crippen molar-refractivity contribution in [2.75, 3.05) is 6.54 Å². The first-order valence-corrected chi connectivity index (χ1v) is 7.70. The van der Waals surface area contributed by atoms with Crippen LogP contribution in [0.3, 0.4) is 0 Å². The van der Waals surface area contributed by atoms with Gasteiger partial charge < -0.3 is 14.2 Å². The molecule has 1 aromatic carbocycles. The quantitative estimate of drug-likeness (QED) is 0.723. The van der Waals surface area contributed by atoms with Crippen molar-refractivity contribution in [3.8, 4) is 0 Å². The first-order valence-electron chi connectivity index (χ1n) is 7.70. The van der Waals surface area contributed by atoms with Crippen LogP contribution in [-0.2, 0) is 11.2 Å². The molecule has 1 N–H and O–H groups in total. The molecule has 1 unspecified atom stereocenters. The Morgan fingerprint density at radius 2 is 1.74 bits per heavy atom. The molecule has 0 aliphatic carbocycles. The maximum atomic E-state index is 12.3. The van der Waals surface area contributed by atoms with Gasteiger partial charge in [0.05, 0.1) is 18.4 Å². The van der Waals surface area contributed by atoms with Gasteiger partial charge in [0.1, 0.15) is 11.5 Å². The van der Waals surface area contributed by atoms with Gasteiger partial charge in [-0.25, -0.2) is 0 Å². The summed E-state index contributed by atoms with van der Waals surface area (Å²) in [7, 11) is 0. The van der Waals surface area contributed by atoms with E-state index in [2.05, 4.69) is 5.32 Å². The highest BCUT2D eigenvalue weighted by molar-refractivity contribution is 5.77. The molecule has 0 saturated carbocycles. The largest absolute Gasteiger partial charge is 0.469 e. The van der Waals surface area contributed by atoms with Crippen LogP contribution in [0.4, 0.5) is 0 Å². The van der Waals surface area contributed by atoms with Crippen LogP contribution in [0.15, 0.2) is 76.0 Å². The lowest BCUT2D eigenvalue weighted by Crippen LogP contribution is -2.27. The molecule has 0 fully saturated rings. The lowest BCUT2D eigenvalue weighted by Gasteiger charge is -2.15. The predicted octanol–water partition coefficient (Wildman–Crippen LogP) is 3.75. The fourth-order valence-corrected chi connectivity index (χ4v) is 2.60. The Kier molecular flexibility index (Phi) is 4.94. The Morgan fingerprint density at radius 1 is 0.957 bits per heavy atom. The zero-order valence-electron chi connectivity index (χ0n) is 12.8. The summed E-state index contributed by atoms with van der Waals surface area (Å²) in [4.78, 5) is 12.3. The summed E-state index contributed by atoms with van der Waals surface area (Å²) in [5, 5.41) is 2.94. The molecular weight excluding hydrogens is 290 g/mol. The second-order valence-corrected chi connectivity index (χ2v) is 5.36. The van der Waals surface area contributed by atoms with Crippen molar-refractivity contribution in [3.63, 3.8) is 0 Å². The van der Waals surface area contributed by atoms with Gasteiger partial charge in [-0.1, -0.05) is 30.3 Å². The molecule has 0 saturated heterocycles. The molecule has 0 aliphatic rings. The first kappa shape index (κ1) is 15.2. The van der Waals surface area contributed by atoms with Crippen molar-refractivity contribution in [3.05, 3.63) is 84.2 Å². The topological polar surface area (TPSA) is 55.4 Å². The van der Waals surface area contributed by atoms with Gasteiger partial charge in [0.2, 0.25) is 5.91 Å². The average Bonchev–Trinajstić information content (AvgIpc) is 3.27. The smallest absolute Gasteiger partial charge is 0.221 e. The first-order chi connectivity index (χ1) is 11.3. The Hall–Kier alpha value is -2.75. The molecule has 1 atom stereocenters. The van der Waals surface area contributed by atoms with Crippen molar-refractivity contribution in [2.45, 2.75) is 18.8 Å². The van der Waals surface area contributed by atoms with Crippen LogP contribution in [0.25, 0.3) is 0 Å². The van der Waals surface area contributed by atoms with Gasteiger partial charge in [0, 0.05) is 19.4 Å². The second kappa shape index (κ2) is 7.49. The lowest BCUT2D eigenvalue weighted by molar-refractivity contribution is -0.121. The Balaban J connectivity index is 1.61. The Morgan fingerprint density at radius 3 is 2.43 bits per heavy atom. The van der Waals surface area contributed by atoms with Gasteiger partial charge in [-0.2, -0.15) is 0 Å². The zero-order chi connectivity index (χ0) is 15.9. The maximum Gasteiger partial charge on any atom is 0.221 e. The Labute approximate surface area is 135 Å². The van der Waals surface area contributed by atoms with Gasteiger partial charge in [-0.05, 0) is 29.8 Å². The van der Waals surface area contributed by atoms with E-state index in [1.54, 1.807) is 12.5 Å². The zero-order valence-corrected chi connectivity index (χ0v) is 12.8. The summed E-state index contributed by atoms with van der Waals surface area (Å²) >= 11 is 0. The highest BCUT2D eigenvalue weighted by Gasteiger charge is 2.20. The minimum absolute atomic E-state index is 0.00168. The van der Waals surface area contributed by atoms with Crippen LogP contribution in [0.1, 0.15) is 29.4 Å². The molecule has 4 heteroatoms. The van der Waals surface area contributed by atoms with E-state index in [-0.39, 0.29) is 11.8 Å². The van der Waals surface area contributed by atoms with Crippen LogP contribution in [0.5, 0.6) is 0 Å². The van der Waals surface area contributed by atoms with Gasteiger partial charge in [0.25, 0.3) is 0 Å². The fourth-order valence-electron chi connectivity index (χ4n) is 2.60. The second-order valence-electron chi connectivity index (χ2n) is 5.36. The molecule has 2 aromatic heterocycles. The summed E-state index contributed by atoms with van der Waals surface area (Å²) in [6, 6.07) is 17.5. The molecule has 118 valence electrons. The van der Waals surface area contributed by atoms with Crippen molar-refractivity contribution in [1.29, 1.82) is 0 Å². The molecule has 4 nitrogen and oxygen atoms in total. The van der Waals surface area contributed by atoms with E-state index in [1.165, 1.54) is 0 Å². The average molecular weight is 309 g/mol. The Bertz CT molecular complexity index is 702. The maximum absolute atomic E-state index is 12.3. The molecule has 2 heterocycles. The van der Waals surface area contributed by atoms with E-state index in [0.29, 0.717) is 19.4 Å². The van der Waals surface area contributed by atoms with E-state index < -0.39 is 0 Å². The number of hydrogen-bond acceptors (Lipinski definition) is 3. The molecule has 0 spiro atoms. The van der Waals surface area contributed by atoms with Crippen LogP contribution in [-0.4, -0.2) is 12.5 Å². The molecule has 23 heavy (non-hydrogen) atoms. The SMILES string of the molecule is O=C(CC(c1ccccc1)c1ccco1)NCCc1ccco1. The van der Waals surface area contributed by atoms with Crippen LogP contribution >= 0.6 is 0 Å².